The predicted molar refractivity (Wildman–Crippen MR) is 98.9 cm³/mol. The maximum atomic E-state index is 12.5. The number of piperidine rings is 1. The Morgan fingerprint density at radius 2 is 1.69 bits per heavy atom. The minimum absolute atomic E-state index is 0.134. The Morgan fingerprint density at radius 3 is 2.35 bits per heavy atom. The number of nitrogens with zero attached hydrogens (tertiary/aromatic N) is 3. The van der Waals surface area contributed by atoms with Crippen LogP contribution in [0.5, 0.6) is 0 Å². The SMILES string of the molecule is Cc1nc2ccc(C(=O)OCC(=O)N3[C@H](C)CCC[C@@H]3C)cc2nc1C. The highest BCUT2D eigenvalue weighted by atomic mass is 16.5. The molecule has 2 aromatic rings. The number of hydrogen-bond donors (Lipinski definition) is 0. The molecule has 138 valence electrons. The van der Waals surface area contributed by atoms with Crippen LogP contribution in [0.3, 0.4) is 0 Å². The molecule has 1 saturated heterocycles. The number of aryl methyl sites for hydroxylation is 2. The Bertz CT molecular complexity index is 840. The fourth-order valence-corrected chi connectivity index (χ4v) is 3.56. The van der Waals surface area contributed by atoms with Crippen LogP contribution < -0.4 is 0 Å². The van der Waals surface area contributed by atoms with Crippen LogP contribution in [0.25, 0.3) is 11.0 Å². The number of benzene rings is 1. The fraction of sp³-hybridized carbons (Fsp3) is 0.500. The van der Waals surface area contributed by atoms with E-state index in [9.17, 15) is 9.59 Å². The number of hydrogen-bond acceptors (Lipinski definition) is 5. The smallest absolute Gasteiger partial charge is 0.338 e. The Balaban J connectivity index is 1.69. The summed E-state index contributed by atoms with van der Waals surface area (Å²) in [5.41, 5.74) is 3.45. The number of likely N-dealkylation sites (tertiary alicyclic amines) is 1. The molecule has 1 aliphatic heterocycles. The summed E-state index contributed by atoms with van der Waals surface area (Å²) in [4.78, 5) is 35.6. The van der Waals surface area contributed by atoms with Crippen molar-refractivity contribution in [3.05, 3.63) is 35.2 Å². The van der Waals surface area contributed by atoms with Crippen LogP contribution in [0.4, 0.5) is 0 Å². The van der Waals surface area contributed by atoms with Gasteiger partial charge in [-0.1, -0.05) is 0 Å². The Labute approximate surface area is 153 Å². The lowest BCUT2D eigenvalue weighted by Crippen LogP contribution is -2.49. The Kier molecular flexibility index (Phi) is 5.20. The number of carbonyl (C=O) groups is 2. The summed E-state index contributed by atoms with van der Waals surface area (Å²) in [5.74, 6) is -0.650. The zero-order chi connectivity index (χ0) is 18.8. The Hall–Kier alpha value is -2.50. The van der Waals surface area contributed by atoms with Crippen molar-refractivity contribution in [3.8, 4) is 0 Å². The number of aromatic nitrogens is 2. The van der Waals surface area contributed by atoms with Gasteiger partial charge in [0.1, 0.15) is 0 Å². The first-order valence-electron chi connectivity index (χ1n) is 9.10. The van der Waals surface area contributed by atoms with E-state index in [0.29, 0.717) is 11.1 Å². The molecule has 1 fully saturated rings. The van der Waals surface area contributed by atoms with Crippen molar-refractivity contribution in [2.24, 2.45) is 0 Å². The van der Waals surface area contributed by atoms with Gasteiger partial charge in [0.25, 0.3) is 5.91 Å². The van der Waals surface area contributed by atoms with E-state index >= 15 is 0 Å². The van der Waals surface area contributed by atoms with Crippen molar-refractivity contribution >= 4 is 22.9 Å². The van der Waals surface area contributed by atoms with Crippen molar-refractivity contribution in [2.45, 2.75) is 59.0 Å². The Morgan fingerprint density at radius 1 is 1.08 bits per heavy atom. The monoisotopic (exact) mass is 355 g/mol. The van der Waals surface area contributed by atoms with Crippen LogP contribution in [0.1, 0.15) is 54.9 Å². The number of esters is 1. The van der Waals surface area contributed by atoms with Gasteiger partial charge in [-0.2, -0.15) is 0 Å². The topological polar surface area (TPSA) is 72.4 Å². The number of ether oxygens (including phenoxy) is 1. The van der Waals surface area contributed by atoms with Crippen LogP contribution in [0, 0.1) is 13.8 Å². The number of rotatable bonds is 3. The van der Waals surface area contributed by atoms with E-state index in [-0.39, 0.29) is 24.6 Å². The summed E-state index contributed by atoms with van der Waals surface area (Å²) in [6, 6.07) is 5.44. The molecule has 26 heavy (non-hydrogen) atoms. The lowest BCUT2D eigenvalue weighted by atomic mass is 9.97. The summed E-state index contributed by atoms with van der Waals surface area (Å²) in [5, 5.41) is 0. The minimum atomic E-state index is -0.516. The first-order valence-corrected chi connectivity index (χ1v) is 9.10. The highest BCUT2D eigenvalue weighted by molar-refractivity contribution is 5.94. The van der Waals surface area contributed by atoms with E-state index in [1.54, 1.807) is 18.2 Å². The lowest BCUT2D eigenvalue weighted by molar-refractivity contribution is -0.140. The summed E-state index contributed by atoms with van der Waals surface area (Å²) >= 11 is 0. The average molecular weight is 355 g/mol. The summed E-state index contributed by atoms with van der Waals surface area (Å²) in [6.07, 6.45) is 3.11. The standard InChI is InChI=1S/C20H25N3O3/c1-12-6-5-7-13(2)23(12)19(24)11-26-20(25)16-8-9-17-18(10-16)22-15(4)14(3)21-17/h8-10,12-13H,5-7,11H2,1-4H3/t12-,13+. The fourth-order valence-electron chi connectivity index (χ4n) is 3.56. The maximum Gasteiger partial charge on any atom is 0.338 e. The summed E-state index contributed by atoms with van der Waals surface area (Å²) < 4.78 is 5.26. The zero-order valence-corrected chi connectivity index (χ0v) is 15.8. The number of fused-ring (bicyclic) bond motifs is 1. The van der Waals surface area contributed by atoms with E-state index < -0.39 is 5.97 Å². The van der Waals surface area contributed by atoms with Gasteiger partial charge in [-0.15, -0.1) is 0 Å². The zero-order valence-electron chi connectivity index (χ0n) is 15.8. The molecule has 1 aromatic carbocycles. The second kappa shape index (κ2) is 7.40. The van der Waals surface area contributed by atoms with Crippen molar-refractivity contribution in [2.75, 3.05) is 6.61 Å². The van der Waals surface area contributed by atoms with Gasteiger partial charge in [0.05, 0.1) is 28.0 Å². The minimum Gasteiger partial charge on any atom is -0.452 e. The normalized spacial score (nSPS) is 20.2. The molecule has 3 rings (SSSR count). The first kappa shape index (κ1) is 18.3. The second-order valence-corrected chi connectivity index (χ2v) is 7.10. The molecule has 0 saturated carbocycles. The van der Waals surface area contributed by atoms with E-state index in [2.05, 4.69) is 9.97 Å². The molecule has 0 radical (unpaired) electrons. The molecule has 0 unspecified atom stereocenters. The molecule has 0 bridgehead atoms. The molecule has 1 aliphatic rings. The number of carbonyl (C=O) groups excluding carboxylic acids is 2. The van der Waals surface area contributed by atoms with Crippen molar-refractivity contribution < 1.29 is 14.3 Å². The molecule has 2 heterocycles. The molecular formula is C20H25N3O3. The first-order chi connectivity index (χ1) is 12.4. The predicted octanol–water partition coefficient (Wildman–Crippen LogP) is 3.19. The van der Waals surface area contributed by atoms with Gasteiger partial charge in [-0.3, -0.25) is 4.79 Å². The van der Waals surface area contributed by atoms with E-state index in [1.165, 1.54) is 0 Å². The van der Waals surface area contributed by atoms with Crippen LogP contribution in [-0.2, 0) is 9.53 Å². The second-order valence-electron chi connectivity index (χ2n) is 7.10. The van der Waals surface area contributed by atoms with Crippen molar-refractivity contribution in [1.82, 2.24) is 14.9 Å². The molecule has 1 aromatic heterocycles. The summed E-state index contributed by atoms with van der Waals surface area (Å²) in [7, 11) is 0. The van der Waals surface area contributed by atoms with Crippen LogP contribution in [-0.4, -0.2) is 45.4 Å². The molecule has 0 spiro atoms. The quantitative estimate of drug-likeness (QED) is 0.791. The van der Waals surface area contributed by atoms with Crippen molar-refractivity contribution in [3.63, 3.8) is 0 Å². The third kappa shape index (κ3) is 3.69. The largest absolute Gasteiger partial charge is 0.452 e. The van der Waals surface area contributed by atoms with E-state index in [0.717, 1.165) is 36.2 Å². The summed E-state index contributed by atoms with van der Waals surface area (Å²) in [6.45, 7) is 7.64. The molecule has 1 amide bonds. The average Bonchev–Trinajstić information content (AvgIpc) is 2.60. The van der Waals surface area contributed by atoms with Gasteiger partial charge in [-0.25, -0.2) is 14.8 Å². The van der Waals surface area contributed by atoms with Crippen LogP contribution in [0.2, 0.25) is 0 Å². The van der Waals surface area contributed by atoms with Crippen LogP contribution in [0.15, 0.2) is 18.2 Å². The molecule has 0 N–H and O–H groups in total. The molecule has 2 atom stereocenters. The molecule has 6 heteroatoms. The third-order valence-corrected chi connectivity index (χ3v) is 5.12. The van der Waals surface area contributed by atoms with E-state index in [4.69, 9.17) is 4.74 Å². The third-order valence-electron chi connectivity index (χ3n) is 5.12. The van der Waals surface area contributed by atoms with Gasteiger partial charge < -0.3 is 9.64 Å². The van der Waals surface area contributed by atoms with E-state index in [1.807, 2.05) is 32.6 Å². The van der Waals surface area contributed by atoms with Gasteiger partial charge in [0, 0.05) is 12.1 Å². The van der Waals surface area contributed by atoms with Crippen molar-refractivity contribution in [1.29, 1.82) is 0 Å². The molecule has 0 aliphatic carbocycles. The number of amides is 1. The van der Waals surface area contributed by atoms with Gasteiger partial charge in [0.15, 0.2) is 6.61 Å². The maximum absolute atomic E-state index is 12.5. The van der Waals surface area contributed by atoms with Gasteiger partial charge in [-0.05, 0) is 65.2 Å². The highest BCUT2D eigenvalue weighted by Crippen LogP contribution is 2.22. The highest BCUT2D eigenvalue weighted by Gasteiger charge is 2.29. The lowest BCUT2D eigenvalue weighted by Gasteiger charge is -2.38. The molecular weight excluding hydrogens is 330 g/mol. The van der Waals surface area contributed by atoms with Gasteiger partial charge in [0.2, 0.25) is 0 Å². The van der Waals surface area contributed by atoms with Gasteiger partial charge >= 0.3 is 5.97 Å². The van der Waals surface area contributed by atoms with Crippen LogP contribution >= 0.6 is 0 Å². The molecule has 6 nitrogen and oxygen atoms in total.